The lowest BCUT2D eigenvalue weighted by Gasteiger charge is -2.33. The van der Waals surface area contributed by atoms with Crippen molar-refractivity contribution in [2.75, 3.05) is 6.54 Å². The van der Waals surface area contributed by atoms with Gasteiger partial charge in [0.05, 0.1) is 0 Å². The molecule has 1 amide bonds. The topological polar surface area (TPSA) is 55.1 Å². The molecule has 0 aliphatic rings. The summed E-state index contributed by atoms with van der Waals surface area (Å²) >= 11 is 0. The van der Waals surface area contributed by atoms with Gasteiger partial charge in [0.1, 0.15) is 0 Å². The summed E-state index contributed by atoms with van der Waals surface area (Å²) in [6, 6.07) is 10.3. The summed E-state index contributed by atoms with van der Waals surface area (Å²) in [4.78, 5) is 11.9. The van der Waals surface area contributed by atoms with E-state index < -0.39 is 0 Å². The van der Waals surface area contributed by atoms with Crippen molar-refractivity contribution in [2.24, 2.45) is 11.7 Å². The van der Waals surface area contributed by atoms with E-state index in [1.54, 1.807) is 0 Å². The van der Waals surface area contributed by atoms with Crippen molar-refractivity contribution in [1.82, 2.24) is 5.32 Å². The molecule has 3 nitrogen and oxygen atoms in total. The van der Waals surface area contributed by atoms with E-state index in [0.717, 1.165) is 0 Å². The molecule has 0 fully saturated rings. The fourth-order valence-electron chi connectivity index (χ4n) is 1.76. The first kappa shape index (κ1) is 14.7. The summed E-state index contributed by atoms with van der Waals surface area (Å²) in [7, 11) is 0. The molecule has 0 aromatic heterocycles. The molecule has 2 unspecified atom stereocenters. The van der Waals surface area contributed by atoms with E-state index >= 15 is 0 Å². The van der Waals surface area contributed by atoms with Crippen molar-refractivity contribution in [2.45, 2.75) is 39.2 Å². The number of benzene rings is 1. The van der Waals surface area contributed by atoms with Crippen LogP contribution < -0.4 is 11.1 Å². The maximum Gasteiger partial charge on any atom is 0.224 e. The second kappa shape index (κ2) is 6.01. The average Bonchev–Trinajstić information content (AvgIpc) is 2.38. The van der Waals surface area contributed by atoms with Gasteiger partial charge in [-0.2, -0.15) is 0 Å². The van der Waals surface area contributed by atoms with Crippen molar-refractivity contribution >= 4 is 5.91 Å². The van der Waals surface area contributed by atoms with Crippen LogP contribution in [0.3, 0.4) is 0 Å². The molecule has 0 saturated carbocycles. The zero-order chi connectivity index (χ0) is 13.8. The van der Waals surface area contributed by atoms with E-state index in [2.05, 4.69) is 31.3 Å². The van der Waals surface area contributed by atoms with Gasteiger partial charge in [-0.05, 0) is 12.5 Å². The summed E-state index contributed by atoms with van der Waals surface area (Å²) in [6.45, 7) is 8.54. The minimum Gasteiger partial charge on any atom is -0.353 e. The maximum atomic E-state index is 11.9. The highest BCUT2D eigenvalue weighted by Crippen LogP contribution is 2.26. The van der Waals surface area contributed by atoms with Gasteiger partial charge in [0.2, 0.25) is 5.91 Å². The molecule has 0 aliphatic heterocycles. The van der Waals surface area contributed by atoms with Gasteiger partial charge >= 0.3 is 0 Å². The number of carbonyl (C=O) groups is 1. The minimum atomic E-state index is -0.140. The van der Waals surface area contributed by atoms with E-state index in [9.17, 15) is 4.79 Å². The standard InChI is InChI=1S/C15H24N2O/c1-11(10-16)14(18)17-12(2)15(3,4)13-8-6-5-7-9-13/h5-9,11-12H,10,16H2,1-4H3,(H,17,18). The normalized spacial score (nSPS) is 14.9. The van der Waals surface area contributed by atoms with Crippen LogP contribution in [0.5, 0.6) is 0 Å². The first-order chi connectivity index (χ1) is 8.39. The van der Waals surface area contributed by atoms with Gasteiger partial charge in [-0.1, -0.05) is 51.1 Å². The molecular formula is C15H24N2O. The van der Waals surface area contributed by atoms with E-state index in [1.165, 1.54) is 5.56 Å². The highest BCUT2D eigenvalue weighted by molar-refractivity contribution is 5.78. The van der Waals surface area contributed by atoms with Crippen molar-refractivity contribution in [3.05, 3.63) is 35.9 Å². The second-order valence-electron chi connectivity index (χ2n) is 5.45. The van der Waals surface area contributed by atoms with Crippen molar-refractivity contribution in [1.29, 1.82) is 0 Å². The third-order valence-corrected chi connectivity index (χ3v) is 3.76. The molecule has 2 atom stereocenters. The van der Waals surface area contributed by atoms with Crippen LogP contribution in [0.2, 0.25) is 0 Å². The van der Waals surface area contributed by atoms with Gasteiger partial charge in [0, 0.05) is 23.9 Å². The molecule has 0 heterocycles. The quantitative estimate of drug-likeness (QED) is 0.838. The fourth-order valence-corrected chi connectivity index (χ4v) is 1.76. The highest BCUT2D eigenvalue weighted by atomic mass is 16.1. The predicted molar refractivity (Wildman–Crippen MR) is 75.3 cm³/mol. The molecular weight excluding hydrogens is 224 g/mol. The lowest BCUT2D eigenvalue weighted by molar-refractivity contribution is -0.125. The molecule has 0 radical (unpaired) electrons. The van der Waals surface area contributed by atoms with Gasteiger partial charge in [0.15, 0.2) is 0 Å². The molecule has 0 aliphatic carbocycles. The number of amides is 1. The van der Waals surface area contributed by atoms with Crippen LogP contribution in [-0.4, -0.2) is 18.5 Å². The molecule has 0 spiro atoms. The third-order valence-electron chi connectivity index (χ3n) is 3.76. The Morgan fingerprint density at radius 1 is 1.28 bits per heavy atom. The second-order valence-corrected chi connectivity index (χ2v) is 5.45. The van der Waals surface area contributed by atoms with Crippen LogP contribution in [0.25, 0.3) is 0 Å². The predicted octanol–water partition coefficient (Wildman–Crippen LogP) is 2.06. The van der Waals surface area contributed by atoms with Gasteiger partial charge in [-0.3, -0.25) is 4.79 Å². The van der Waals surface area contributed by atoms with Crippen LogP contribution >= 0.6 is 0 Å². The van der Waals surface area contributed by atoms with Crippen molar-refractivity contribution in [3.8, 4) is 0 Å². The Hall–Kier alpha value is -1.35. The highest BCUT2D eigenvalue weighted by Gasteiger charge is 2.29. The summed E-state index contributed by atoms with van der Waals surface area (Å²) < 4.78 is 0. The van der Waals surface area contributed by atoms with Crippen LogP contribution in [0, 0.1) is 5.92 Å². The number of hydrogen-bond donors (Lipinski definition) is 2. The largest absolute Gasteiger partial charge is 0.353 e. The molecule has 1 aromatic carbocycles. The Labute approximate surface area is 110 Å². The van der Waals surface area contributed by atoms with Gasteiger partial charge < -0.3 is 11.1 Å². The number of hydrogen-bond acceptors (Lipinski definition) is 2. The van der Waals surface area contributed by atoms with Crippen LogP contribution in [0.4, 0.5) is 0 Å². The molecule has 1 aromatic rings. The number of nitrogens with one attached hydrogen (secondary N) is 1. The minimum absolute atomic E-state index is 0.0222. The Bertz CT molecular complexity index is 387. The SMILES string of the molecule is CC(CN)C(=O)NC(C)C(C)(C)c1ccccc1. The third kappa shape index (κ3) is 3.33. The van der Waals surface area contributed by atoms with Gasteiger partial charge in [-0.15, -0.1) is 0 Å². The van der Waals surface area contributed by atoms with E-state index in [1.807, 2.05) is 32.0 Å². The number of nitrogens with two attached hydrogens (primary N) is 1. The smallest absolute Gasteiger partial charge is 0.224 e. The summed E-state index contributed by atoms with van der Waals surface area (Å²) in [5.41, 5.74) is 6.62. The molecule has 1 rings (SSSR count). The molecule has 0 bridgehead atoms. The van der Waals surface area contributed by atoms with E-state index in [0.29, 0.717) is 6.54 Å². The molecule has 0 saturated heterocycles. The zero-order valence-electron chi connectivity index (χ0n) is 11.7. The zero-order valence-corrected chi connectivity index (χ0v) is 11.7. The monoisotopic (exact) mass is 248 g/mol. The lowest BCUT2D eigenvalue weighted by Crippen LogP contribution is -2.48. The Kier molecular flexibility index (Phi) is 4.91. The van der Waals surface area contributed by atoms with Crippen LogP contribution in [-0.2, 0) is 10.2 Å². The first-order valence-electron chi connectivity index (χ1n) is 6.45. The van der Waals surface area contributed by atoms with Crippen molar-refractivity contribution in [3.63, 3.8) is 0 Å². The van der Waals surface area contributed by atoms with Crippen LogP contribution in [0.1, 0.15) is 33.3 Å². The van der Waals surface area contributed by atoms with Crippen molar-refractivity contribution < 1.29 is 4.79 Å². The number of carbonyl (C=O) groups excluding carboxylic acids is 1. The van der Waals surface area contributed by atoms with E-state index in [4.69, 9.17) is 5.73 Å². The summed E-state index contributed by atoms with van der Waals surface area (Å²) in [5, 5.41) is 3.05. The van der Waals surface area contributed by atoms with Gasteiger partial charge in [-0.25, -0.2) is 0 Å². The number of rotatable bonds is 5. The molecule has 3 N–H and O–H groups in total. The lowest BCUT2D eigenvalue weighted by atomic mass is 9.78. The Morgan fingerprint density at radius 3 is 2.33 bits per heavy atom. The molecule has 18 heavy (non-hydrogen) atoms. The summed E-state index contributed by atoms with van der Waals surface area (Å²) in [6.07, 6.45) is 0. The average molecular weight is 248 g/mol. The summed E-state index contributed by atoms with van der Waals surface area (Å²) in [5.74, 6) is -0.118. The first-order valence-corrected chi connectivity index (χ1v) is 6.45. The molecule has 100 valence electrons. The molecule has 3 heteroatoms. The fraction of sp³-hybridized carbons (Fsp3) is 0.533. The van der Waals surface area contributed by atoms with Gasteiger partial charge in [0.25, 0.3) is 0 Å². The van der Waals surface area contributed by atoms with Crippen LogP contribution in [0.15, 0.2) is 30.3 Å². The Balaban J connectivity index is 2.77. The maximum absolute atomic E-state index is 11.9. The Morgan fingerprint density at radius 2 is 1.83 bits per heavy atom. The van der Waals surface area contributed by atoms with E-state index in [-0.39, 0.29) is 23.3 Å².